The lowest BCUT2D eigenvalue weighted by atomic mass is 10.2. The summed E-state index contributed by atoms with van der Waals surface area (Å²) >= 11 is 2.20. The highest BCUT2D eigenvalue weighted by Crippen LogP contribution is 2.26. The Hall–Kier alpha value is -1.11. The van der Waals surface area contributed by atoms with Crippen LogP contribution in [0.5, 0.6) is 5.75 Å². The molecule has 0 atom stereocenters. The molecule has 0 aliphatic rings. The van der Waals surface area contributed by atoms with E-state index in [-0.39, 0.29) is 0 Å². The van der Waals surface area contributed by atoms with Crippen LogP contribution in [0.2, 0.25) is 0 Å². The van der Waals surface area contributed by atoms with Gasteiger partial charge in [0, 0.05) is 5.56 Å². The first-order valence-electron chi connectivity index (χ1n) is 3.91. The number of hydrogen-bond acceptors (Lipinski definition) is 4. The van der Waals surface area contributed by atoms with E-state index < -0.39 is 0 Å². The van der Waals surface area contributed by atoms with Gasteiger partial charge in [-0.1, -0.05) is 0 Å². The van der Waals surface area contributed by atoms with E-state index in [0.717, 1.165) is 14.9 Å². The fourth-order valence-corrected chi connectivity index (χ4v) is 1.83. The molecule has 0 spiro atoms. The van der Waals surface area contributed by atoms with Crippen LogP contribution in [0.1, 0.15) is 0 Å². The van der Waals surface area contributed by atoms with Gasteiger partial charge in [-0.3, -0.25) is 0 Å². The second kappa shape index (κ2) is 3.95. The first kappa shape index (κ1) is 9.45. The van der Waals surface area contributed by atoms with Crippen LogP contribution in [0.15, 0.2) is 29.0 Å². The second-order valence-corrected chi connectivity index (χ2v) is 3.76. The molecule has 2 rings (SSSR count). The van der Waals surface area contributed by atoms with Crippen LogP contribution in [0.4, 0.5) is 0 Å². The van der Waals surface area contributed by atoms with Gasteiger partial charge in [0.1, 0.15) is 5.75 Å². The van der Waals surface area contributed by atoms with Gasteiger partial charge in [-0.15, -0.1) is 10.2 Å². The molecular formula is C9H7IN2O2. The first-order valence-corrected chi connectivity index (χ1v) is 4.99. The summed E-state index contributed by atoms with van der Waals surface area (Å²) in [7, 11) is 1.64. The van der Waals surface area contributed by atoms with E-state index in [1.165, 1.54) is 6.39 Å². The van der Waals surface area contributed by atoms with E-state index in [9.17, 15) is 0 Å². The lowest BCUT2D eigenvalue weighted by molar-refractivity contribution is 0.412. The van der Waals surface area contributed by atoms with Crippen molar-refractivity contribution in [2.45, 2.75) is 0 Å². The Bertz CT molecular complexity index is 428. The molecule has 0 N–H and O–H groups in total. The van der Waals surface area contributed by atoms with Crippen LogP contribution in [-0.2, 0) is 0 Å². The zero-order valence-electron chi connectivity index (χ0n) is 7.40. The third kappa shape index (κ3) is 1.72. The molecule has 2 aromatic rings. The largest absolute Gasteiger partial charge is 0.496 e. The van der Waals surface area contributed by atoms with Crippen LogP contribution in [-0.4, -0.2) is 17.3 Å². The summed E-state index contributed by atoms with van der Waals surface area (Å²) in [5.74, 6) is 1.36. The number of rotatable bonds is 2. The SMILES string of the molecule is COc1ccc(-c2nnco2)cc1I. The van der Waals surface area contributed by atoms with Gasteiger partial charge in [0.2, 0.25) is 12.3 Å². The first-order chi connectivity index (χ1) is 6.81. The van der Waals surface area contributed by atoms with Crippen LogP contribution >= 0.6 is 22.6 Å². The normalized spacial score (nSPS) is 10.1. The molecule has 4 nitrogen and oxygen atoms in total. The van der Waals surface area contributed by atoms with Gasteiger partial charge in [0.15, 0.2) is 0 Å². The van der Waals surface area contributed by atoms with E-state index in [1.54, 1.807) is 7.11 Å². The zero-order valence-corrected chi connectivity index (χ0v) is 9.56. The maximum absolute atomic E-state index is 5.14. The smallest absolute Gasteiger partial charge is 0.247 e. The van der Waals surface area contributed by atoms with Gasteiger partial charge in [-0.25, -0.2) is 0 Å². The maximum atomic E-state index is 5.14. The summed E-state index contributed by atoms with van der Waals surface area (Å²) in [6.07, 6.45) is 1.31. The quantitative estimate of drug-likeness (QED) is 0.799. The van der Waals surface area contributed by atoms with E-state index in [4.69, 9.17) is 9.15 Å². The van der Waals surface area contributed by atoms with Gasteiger partial charge in [-0.05, 0) is 40.8 Å². The molecule has 1 aromatic carbocycles. The van der Waals surface area contributed by atoms with Crippen molar-refractivity contribution in [3.05, 3.63) is 28.2 Å². The second-order valence-electron chi connectivity index (χ2n) is 2.59. The van der Waals surface area contributed by atoms with Crippen molar-refractivity contribution in [1.29, 1.82) is 0 Å². The van der Waals surface area contributed by atoms with Crippen molar-refractivity contribution in [2.75, 3.05) is 7.11 Å². The molecule has 0 aliphatic heterocycles. The zero-order chi connectivity index (χ0) is 9.97. The molecule has 0 saturated carbocycles. The van der Waals surface area contributed by atoms with Gasteiger partial charge < -0.3 is 9.15 Å². The molecule has 0 aliphatic carbocycles. The Morgan fingerprint density at radius 1 is 1.43 bits per heavy atom. The number of methoxy groups -OCH3 is 1. The number of aromatic nitrogens is 2. The van der Waals surface area contributed by atoms with Crippen molar-refractivity contribution in [1.82, 2.24) is 10.2 Å². The predicted molar refractivity (Wildman–Crippen MR) is 59.0 cm³/mol. The summed E-state index contributed by atoms with van der Waals surface area (Å²) in [5.41, 5.74) is 0.896. The molecule has 1 aromatic heterocycles. The molecule has 0 unspecified atom stereocenters. The minimum atomic E-state index is 0.519. The van der Waals surface area contributed by atoms with Gasteiger partial charge in [0.25, 0.3) is 0 Å². The minimum absolute atomic E-state index is 0.519. The molecule has 0 saturated heterocycles. The summed E-state index contributed by atoms with van der Waals surface area (Å²) < 4.78 is 11.2. The molecule has 0 bridgehead atoms. The highest BCUT2D eigenvalue weighted by molar-refractivity contribution is 14.1. The Morgan fingerprint density at radius 3 is 2.86 bits per heavy atom. The van der Waals surface area contributed by atoms with E-state index in [2.05, 4.69) is 32.8 Å². The van der Waals surface area contributed by atoms with Gasteiger partial charge in [0.05, 0.1) is 10.7 Å². The third-order valence-corrected chi connectivity index (χ3v) is 2.60. The number of halogens is 1. The molecule has 14 heavy (non-hydrogen) atoms. The van der Waals surface area contributed by atoms with Crippen molar-refractivity contribution >= 4 is 22.6 Å². The van der Waals surface area contributed by atoms with Crippen molar-refractivity contribution in [3.63, 3.8) is 0 Å². The molecule has 0 amide bonds. The maximum Gasteiger partial charge on any atom is 0.247 e. The predicted octanol–water partition coefficient (Wildman–Crippen LogP) is 2.35. The Balaban J connectivity index is 2.43. The molecule has 1 heterocycles. The molecule has 5 heteroatoms. The van der Waals surface area contributed by atoms with Gasteiger partial charge in [-0.2, -0.15) is 0 Å². The van der Waals surface area contributed by atoms with Crippen molar-refractivity contribution in [3.8, 4) is 17.2 Å². The highest BCUT2D eigenvalue weighted by Gasteiger charge is 2.06. The van der Waals surface area contributed by atoms with Crippen LogP contribution in [0.25, 0.3) is 11.5 Å². The average Bonchev–Trinajstić information content (AvgIpc) is 2.70. The number of ether oxygens (including phenoxy) is 1. The number of benzene rings is 1. The number of hydrogen-bond donors (Lipinski definition) is 0. The van der Waals surface area contributed by atoms with Crippen LogP contribution in [0, 0.1) is 3.57 Å². The molecular weight excluding hydrogens is 295 g/mol. The fourth-order valence-electron chi connectivity index (χ4n) is 1.10. The van der Waals surface area contributed by atoms with E-state index >= 15 is 0 Å². The number of nitrogens with zero attached hydrogens (tertiary/aromatic N) is 2. The van der Waals surface area contributed by atoms with E-state index in [0.29, 0.717) is 5.89 Å². The van der Waals surface area contributed by atoms with Crippen molar-refractivity contribution < 1.29 is 9.15 Å². The molecule has 0 radical (unpaired) electrons. The minimum Gasteiger partial charge on any atom is -0.496 e. The summed E-state index contributed by atoms with van der Waals surface area (Å²) in [6, 6.07) is 5.70. The third-order valence-electron chi connectivity index (χ3n) is 1.76. The van der Waals surface area contributed by atoms with Crippen molar-refractivity contribution in [2.24, 2.45) is 0 Å². The highest BCUT2D eigenvalue weighted by atomic mass is 127. The monoisotopic (exact) mass is 302 g/mol. The lowest BCUT2D eigenvalue weighted by Crippen LogP contribution is -1.87. The topological polar surface area (TPSA) is 48.2 Å². The summed E-state index contributed by atoms with van der Waals surface area (Å²) in [6.45, 7) is 0. The average molecular weight is 302 g/mol. The summed E-state index contributed by atoms with van der Waals surface area (Å²) in [4.78, 5) is 0. The van der Waals surface area contributed by atoms with E-state index in [1.807, 2.05) is 18.2 Å². The van der Waals surface area contributed by atoms with Gasteiger partial charge >= 0.3 is 0 Å². The Labute approximate surface area is 94.4 Å². The standard InChI is InChI=1S/C9H7IN2O2/c1-13-8-3-2-6(4-7(8)10)9-12-11-5-14-9/h2-5H,1H3. The Kier molecular flexibility index (Phi) is 2.67. The lowest BCUT2D eigenvalue weighted by Gasteiger charge is -2.03. The summed E-state index contributed by atoms with van der Waals surface area (Å²) in [5, 5.41) is 7.44. The van der Waals surface area contributed by atoms with Crippen LogP contribution in [0.3, 0.4) is 0 Å². The van der Waals surface area contributed by atoms with Crippen LogP contribution < -0.4 is 4.74 Å². The molecule has 0 fully saturated rings. The fraction of sp³-hybridized carbons (Fsp3) is 0.111. The molecule has 72 valence electrons. The Morgan fingerprint density at radius 2 is 2.29 bits per heavy atom.